The smallest absolute Gasteiger partial charge is 0.259 e. The maximum absolute atomic E-state index is 7.23. The van der Waals surface area contributed by atoms with Crippen LogP contribution in [0.3, 0.4) is 0 Å². The Morgan fingerprint density at radius 1 is 0.706 bits per heavy atom. The van der Waals surface area contributed by atoms with Crippen molar-refractivity contribution in [2.45, 2.75) is 92.4 Å². The molecule has 2 atom stereocenters. The third-order valence-corrected chi connectivity index (χ3v) is 9.57. The van der Waals surface area contributed by atoms with Crippen molar-refractivity contribution < 1.29 is 18.1 Å². The third-order valence-electron chi connectivity index (χ3n) is 4.45. The summed E-state index contributed by atoms with van der Waals surface area (Å²) in [5, 5.41) is 7.23. The molecule has 0 aliphatic heterocycles. The molecule has 0 aliphatic carbocycles. The maximum Gasteiger partial charge on any atom is 0.259 e. The highest BCUT2D eigenvalue weighted by molar-refractivity contribution is 7.99. The number of hydrogen-bond donors (Lipinski definition) is 1. The van der Waals surface area contributed by atoms with Crippen molar-refractivity contribution in [2.75, 3.05) is 45.0 Å². The van der Waals surface area contributed by atoms with Gasteiger partial charge in [-0.25, -0.2) is 9.34 Å². The van der Waals surface area contributed by atoms with Gasteiger partial charge in [0.25, 0.3) is 17.1 Å². The molecule has 0 saturated heterocycles. The van der Waals surface area contributed by atoms with E-state index in [-0.39, 0.29) is 0 Å². The van der Waals surface area contributed by atoms with E-state index >= 15 is 0 Å². The Kier molecular flexibility index (Phi) is 21.6. The number of rotatable bonds is 22. The van der Waals surface area contributed by atoms with E-state index in [1.165, 1.54) is 6.21 Å². The summed E-state index contributed by atoms with van der Waals surface area (Å²) in [6, 6.07) is 1.37. The fourth-order valence-corrected chi connectivity index (χ4v) is 7.30. The molecule has 0 aromatic carbocycles. The van der Waals surface area contributed by atoms with Crippen LogP contribution in [0.2, 0.25) is 0 Å². The topological polar surface area (TPSA) is 79.6 Å². The quantitative estimate of drug-likeness (QED) is 0.0940. The summed E-state index contributed by atoms with van der Waals surface area (Å²) in [5.41, 5.74) is 0. The Morgan fingerprint density at radius 3 is 1.44 bits per heavy atom. The molecule has 0 aromatic heterocycles. The van der Waals surface area contributed by atoms with Crippen LogP contribution in [-0.2, 0) is 18.1 Å². The fraction of sp³-hybridized carbons (Fsp3) is 0.913. The van der Waals surface area contributed by atoms with E-state index in [2.05, 4.69) is 69.7 Å². The van der Waals surface area contributed by atoms with Gasteiger partial charge < -0.3 is 28.5 Å². The first kappa shape index (κ1) is 34.3. The summed E-state index contributed by atoms with van der Waals surface area (Å²) >= 11 is 1.82. The number of hydrogen-bond acceptors (Lipinski definition) is 9. The predicted molar refractivity (Wildman–Crippen MR) is 152 cm³/mol. The van der Waals surface area contributed by atoms with Crippen molar-refractivity contribution in [2.24, 2.45) is 4.99 Å². The van der Waals surface area contributed by atoms with Gasteiger partial charge in [0.1, 0.15) is 0 Å². The van der Waals surface area contributed by atoms with Crippen molar-refractivity contribution in [3.63, 3.8) is 0 Å². The monoisotopic (exact) mass is 540 g/mol. The zero-order chi connectivity index (χ0) is 25.9. The normalized spacial score (nSPS) is 14.6. The van der Waals surface area contributed by atoms with E-state index in [9.17, 15) is 0 Å². The molecule has 8 nitrogen and oxygen atoms in total. The Labute approximate surface area is 216 Å². The second kappa shape index (κ2) is 21.4. The predicted octanol–water partition coefficient (Wildman–Crippen LogP) is 6.61. The van der Waals surface area contributed by atoms with Crippen LogP contribution < -0.4 is 0 Å². The summed E-state index contributed by atoms with van der Waals surface area (Å²) in [7, 11) is -0.451. The zero-order valence-electron chi connectivity index (χ0n) is 22.9. The number of nitrogens with one attached hydrogen (secondary N) is 1. The molecule has 0 amide bonds. The second-order valence-electron chi connectivity index (χ2n) is 8.78. The van der Waals surface area contributed by atoms with Gasteiger partial charge in [-0.3, -0.25) is 0 Å². The SMILES string of the molecule is C/N=C/CCOP(OCCSCCOP(OCCC=N)N(C(C)C)C(C)C)N(C(C)C)C(C)C. The summed E-state index contributed by atoms with van der Waals surface area (Å²) in [5.74, 6) is 1.76. The Bertz CT molecular complexity index is 515. The van der Waals surface area contributed by atoms with Crippen molar-refractivity contribution in [1.29, 1.82) is 5.41 Å². The first-order chi connectivity index (χ1) is 16.2. The van der Waals surface area contributed by atoms with Crippen LogP contribution >= 0.6 is 28.8 Å². The number of thioether (sulfide) groups is 1. The van der Waals surface area contributed by atoms with E-state index in [4.69, 9.17) is 23.5 Å². The molecule has 0 aromatic rings. The fourth-order valence-electron chi connectivity index (χ4n) is 3.24. The maximum atomic E-state index is 7.23. The van der Waals surface area contributed by atoms with Crippen LogP contribution in [0.1, 0.15) is 68.2 Å². The van der Waals surface area contributed by atoms with Gasteiger partial charge in [0.15, 0.2) is 0 Å². The van der Waals surface area contributed by atoms with Crippen molar-refractivity contribution in [3.8, 4) is 0 Å². The molecule has 0 fully saturated rings. The lowest BCUT2D eigenvalue weighted by Crippen LogP contribution is -2.34. The van der Waals surface area contributed by atoms with E-state index < -0.39 is 17.1 Å². The van der Waals surface area contributed by atoms with Crippen LogP contribution in [0, 0.1) is 5.41 Å². The van der Waals surface area contributed by atoms with Crippen LogP contribution in [0.4, 0.5) is 0 Å². The molecule has 0 radical (unpaired) electrons. The van der Waals surface area contributed by atoms with Crippen molar-refractivity contribution in [3.05, 3.63) is 0 Å². The average Bonchev–Trinajstić information content (AvgIpc) is 2.74. The third kappa shape index (κ3) is 15.4. The Balaban J connectivity index is 4.57. The minimum atomic E-state index is -1.13. The molecular formula is C23H50N4O4P2S. The minimum absolute atomic E-state index is 0.333. The Morgan fingerprint density at radius 2 is 1.09 bits per heavy atom. The molecule has 202 valence electrons. The highest BCUT2D eigenvalue weighted by Crippen LogP contribution is 2.47. The van der Waals surface area contributed by atoms with Crippen LogP contribution in [0.15, 0.2) is 4.99 Å². The highest BCUT2D eigenvalue weighted by Gasteiger charge is 2.28. The van der Waals surface area contributed by atoms with Gasteiger partial charge in [0.2, 0.25) is 0 Å². The first-order valence-electron chi connectivity index (χ1n) is 12.3. The largest absolute Gasteiger partial charge is 0.322 e. The van der Waals surface area contributed by atoms with Crippen LogP contribution in [0.25, 0.3) is 0 Å². The summed E-state index contributed by atoms with van der Waals surface area (Å²) < 4.78 is 29.1. The van der Waals surface area contributed by atoms with Crippen molar-refractivity contribution in [1.82, 2.24) is 9.34 Å². The molecule has 0 rings (SSSR count). The van der Waals surface area contributed by atoms with Crippen LogP contribution in [-0.4, -0.2) is 90.9 Å². The molecule has 11 heteroatoms. The number of nitrogens with zero attached hydrogens (tertiary/aromatic N) is 3. The number of aliphatic imine (C=N–C) groups is 1. The lowest BCUT2D eigenvalue weighted by Gasteiger charge is -2.35. The zero-order valence-corrected chi connectivity index (χ0v) is 25.5. The van der Waals surface area contributed by atoms with Gasteiger partial charge in [-0.1, -0.05) is 0 Å². The summed E-state index contributed by atoms with van der Waals surface area (Å²) in [6.07, 6.45) is 4.66. The standard InChI is InChI=1S/C23H50N4O4P2S/c1-20(2)26(21(3)4)32(28-14-10-12-24)30-16-18-34-19-17-31-33(29-15-11-13-25-9)27(22(5)6)23(7)8/h12-13,20-24H,10-11,14-19H2,1-9H3/b24-12?,25-13+. The van der Waals surface area contributed by atoms with E-state index in [1.54, 1.807) is 7.05 Å². The van der Waals surface area contributed by atoms with Gasteiger partial charge in [0.05, 0.1) is 26.4 Å². The first-order valence-corrected chi connectivity index (χ1v) is 15.7. The van der Waals surface area contributed by atoms with E-state index in [1.807, 2.05) is 18.0 Å². The average molecular weight is 541 g/mol. The molecular weight excluding hydrogens is 490 g/mol. The lowest BCUT2D eigenvalue weighted by atomic mass is 10.3. The van der Waals surface area contributed by atoms with Gasteiger partial charge >= 0.3 is 0 Å². The summed E-state index contributed by atoms with van der Waals surface area (Å²) in [4.78, 5) is 4.03. The van der Waals surface area contributed by atoms with Crippen LogP contribution in [0.5, 0.6) is 0 Å². The second-order valence-corrected chi connectivity index (χ2v) is 12.9. The molecule has 1 N–H and O–H groups in total. The van der Waals surface area contributed by atoms with Gasteiger partial charge in [0, 0.05) is 61.8 Å². The van der Waals surface area contributed by atoms with E-state index in [0.29, 0.717) is 57.0 Å². The Hall–Kier alpha value is 0.310. The van der Waals surface area contributed by atoms with Gasteiger partial charge in [-0.15, -0.1) is 0 Å². The molecule has 0 bridgehead atoms. The molecule has 0 aliphatic rings. The molecule has 34 heavy (non-hydrogen) atoms. The summed E-state index contributed by atoms with van der Waals surface area (Å²) in [6.45, 7) is 19.8. The highest BCUT2D eigenvalue weighted by atomic mass is 32.2. The molecule has 2 unspecified atom stereocenters. The molecule has 0 saturated carbocycles. The molecule has 0 spiro atoms. The van der Waals surface area contributed by atoms with Crippen molar-refractivity contribution >= 4 is 41.2 Å². The molecule has 0 heterocycles. The lowest BCUT2D eigenvalue weighted by molar-refractivity contribution is 0.183. The van der Waals surface area contributed by atoms with Gasteiger partial charge in [-0.05, 0) is 61.6 Å². The van der Waals surface area contributed by atoms with Gasteiger partial charge in [-0.2, -0.15) is 11.8 Å². The van der Waals surface area contributed by atoms with E-state index in [0.717, 1.165) is 17.9 Å². The minimum Gasteiger partial charge on any atom is -0.322 e.